The minimum Gasteiger partial charge on any atom is -0.454 e. The fourth-order valence-electron chi connectivity index (χ4n) is 2.47. The number of esters is 1. The Balaban J connectivity index is 1.50. The van der Waals surface area contributed by atoms with Crippen molar-refractivity contribution in [1.82, 2.24) is 9.55 Å². The Bertz CT molecular complexity index is 1090. The first-order valence-electron chi connectivity index (χ1n) is 8.42. The number of hydrogen-bond acceptors (Lipinski definition) is 5. The van der Waals surface area contributed by atoms with Crippen LogP contribution in [-0.2, 0) is 20.9 Å². The molecule has 1 aromatic heterocycles. The predicted molar refractivity (Wildman–Crippen MR) is 103 cm³/mol. The lowest BCUT2D eigenvalue weighted by atomic mass is 10.1. The average molecular weight is 379 g/mol. The first-order chi connectivity index (χ1) is 13.5. The smallest absolute Gasteiger partial charge is 0.328 e. The summed E-state index contributed by atoms with van der Waals surface area (Å²) in [6, 6.07) is 18.2. The number of amides is 1. The third-order valence-electron chi connectivity index (χ3n) is 3.84. The molecule has 1 amide bonds. The van der Waals surface area contributed by atoms with Crippen LogP contribution in [0.2, 0.25) is 0 Å². The van der Waals surface area contributed by atoms with Gasteiger partial charge in [0, 0.05) is 18.0 Å². The molecule has 0 aliphatic rings. The fraction of sp³-hybridized carbons (Fsp3) is 0.100. The molecule has 0 spiro atoms. The van der Waals surface area contributed by atoms with E-state index < -0.39 is 36.3 Å². The Hall–Kier alpha value is -3.94. The summed E-state index contributed by atoms with van der Waals surface area (Å²) in [4.78, 5) is 48.2. The third kappa shape index (κ3) is 5.04. The minimum atomic E-state index is -0.774. The van der Waals surface area contributed by atoms with Crippen LogP contribution in [0.1, 0.15) is 0 Å². The second-order valence-electron chi connectivity index (χ2n) is 5.89. The molecular formula is C20H17N3O5. The van der Waals surface area contributed by atoms with E-state index in [9.17, 15) is 19.2 Å². The molecule has 1 heterocycles. The van der Waals surface area contributed by atoms with Crippen LogP contribution in [0.4, 0.5) is 5.69 Å². The number of hydrogen-bond donors (Lipinski definition) is 2. The van der Waals surface area contributed by atoms with Gasteiger partial charge in [-0.15, -0.1) is 0 Å². The van der Waals surface area contributed by atoms with E-state index in [1.54, 1.807) is 12.1 Å². The minimum absolute atomic E-state index is 0.408. The molecule has 0 atom stereocenters. The van der Waals surface area contributed by atoms with Crippen LogP contribution in [0.15, 0.2) is 76.4 Å². The summed E-state index contributed by atoms with van der Waals surface area (Å²) < 4.78 is 5.83. The summed E-state index contributed by atoms with van der Waals surface area (Å²) in [5.41, 5.74) is 1.35. The van der Waals surface area contributed by atoms with Crippen molar-refractivity contribution in [1.29, 1.82) is 0 Å². The average Bonchev–Trinajstić information content (AvgIpc) is 2.70. The summed E-state index contributed by atoms with van der Waals surface area (Å²) >= 11 is 0. The summed E-state index contributed by atoms with van der Waals surface area (Å²) in [7, 11) is 0. The van der Waals surface area contributed by atoms with Crippen molar-refractivity contribution in [2.75, 3.05) is 11.9 Å². The molecule has 2 N–H and O–H groups in total. The molecule has 2 aromatic carbocycles. The summed E-state index contributed by atoms with van der Waals surface area (Å²) in [5, 5.41) is 2.63. The topological polar surface area (TPSA) is 110 Å². The highest BCUT2D eigenvalue weighted by atomic mass is 16.5. The zero-order valence-corrected chi connectivity index (χ0v) is 14.8. The molecule has 142 valence electrons. The van der Waals surface area contributed by atoms with E-state index in [1.807, 2.05) is 47.4 Å². The Labute approximate surface area is 159 Å². The van der Waals surface area contributed by atoms with E-state index in [0.717, 1.165) is 21.8 Å². The molecule has 8 nitrogen and oxygen atoms in total. The number of ether oxygens (including phenoxy) is 1. The van der Waals surface area contributed by atoms with Gasteiger partial charge in [-0.25, -0.2) is 4.79 Å². The van der Waals surface area contributed by atoms with E-state index >= 15 is 0 Å². The number of carbonyl (C=O) groups excluding carboxylic acids is 2. The van der Waals surface area contributed by atoms with Gasteiger partial charge in [0.1, 0.15) is 6.54 Å². The van der Waals surface area contributed by atoms with Gasteiger partial charge in [-0.1, -0.05) is 42.5 Å². The second-order valence-corrected chi connectivity index (χ2v) is 5.89. The van der Waals surface area contributed by atoms with Gasteiger partial charge in [0.25, 0.3) is 11.5 Å². The van der Waals surface area contributed by atoms with E-state index in [2.05, 4.69) is 5.32 Å². The molecular weight excluding hydrogens is 362 g/mol. The molecule has 0 aliphatic heterocycles. The van der Waals surface area contributed by atoms with E-state index in [4.69, 9.17) is 4.74 Å². The van der Waals surface area contributed by atoms with Crippen molar-refractivity contribution >= 4 is 17.6 Å². The molecule has 0 saturated heterocycles. The molecule has 0 saturated carbocycles. The summed E-state index contributed by atoms with van der Waals surface area (Å²) in [6.45, 7) is -0.897. The Morgan fingerprint density at radius 2 is 1.61 bits per heavy atom. The van der Waals surface area contributed by atoms with Crippen molar-refractivity contribution < 1.29 is 14.3 Å². The van der Waals surface area contributed by atoms with E-state index in [1.165, 1.54) is 6.20 Å². The van der Waals surface area contributed by atoms with Crippen LogP contribution in [0.5, 0.6) is 0 Å². The Kier molecular flexibility index (Phi) is 5.81. The summed E-state index contributed by atoms with van der Waals surface area (Å²) in [5.74, 6) is -1.28. The lowest BCUT2D eigenvalue weighted by Crippen LogP contribution is -2.32. The number of rotatable bonds is 6. The maximum absolute atomic E-state index is 11.9. The Morgan fingerprint density at radius 1 is 0.929 bits per heavy atom. The van der Waals surface area contributed by atoms with Crippen molar-refractivity contribution in [3.05, 3.63) is 87.7 Å². The third-order valence-corrected chi connectivity index (χ3v) is 3.84. The van der Waals surface area contributed by atoms with Gasteiger partial charge >= 0.3 is 11.7 Å². The van der Waals surface area contributed by atoms with Gasteiger partial charge in [-0.2, -0.15) is 0 Å². The number of benzene rings is 2. The number of carbonyl (C=O) groups is 2. The first-order valence-corrected chi connectivity index (χ1v) is 8.42. The van der Waals surface area contributed by atoms with Gasteiger partial charge in [-0.05, 0) is 23.3 Å². The predicted octanol–water partition coefficient (Wildman–Crippen LogP) is 1.39. The first kappa shape index (κ1) is 18.8. The van der Waals surface area contributed by atoms with Gasteiger partial charge < -0.3 is 10.1 Å². The van der Waals surface area contributed by atoms with Crippen LogP contribution in [0.3, 0.4) is 0 Å². The van der Waals surface area contributed by atoms with Crippen LogP contribution in [-0.4, -0.2) is 28.0 Å². The SMILES string of the molecule is O=C(COC(=O)Cn1ccc(=O)[nH]c1=O)Nc1ccc(-c2ccccc2)cc1. The highest BCUT2D eigenvalue weighted by Gasteiger charge is 2.10. The molecule has 0 aliphatic carbocycles. The molecule has 0 radical (unpaired) electrons. The number of H-pyrrole nitrogens is 1. The molecule has 0 unspecified atom stereocenters. The van der Waals surface area contributed by atoms with Gasteiger partial charge in [0.15, 0.2) is 6.61 Å². The van der Waals surface area contributed by atoms with E-state index in [-0.39, 0.29) is 0 Å². The van der Waals surface area contributed by atoms with Crippen molar-refractivity contribution in [3.8, 4) is 11.1 Å². The van der Waals surface area contributed by atoms with Crippen molar-refractivity contribution in [2.45, 2.75) is 6.54 Å². The van der Waals surface area contributed by atoms with Crippen molar-refractivity contribution in [2.24, 2.45) is 0 Å². The number of aromatic nitrogens is 2. The highest BCUT2D eigenvalue weighted by Crippen LogP contribution is 2.20. The number of anilines is 1. The van der Waals surface area contributed by atoms with Gasteiger partial charge in [0.2, 0.25) is 0 Å². The largest absolute Gasteiger partial charge is 0.454 e. The lowest BCUT2D eigenvalue weighted by Gasteiger charge is -2.08. The Morgan fingerprint density at radius 3 is 2.29 bits per heavy atom. The van der Waals surface area contributed by atoms with Crippen LogP contribution >= 0.6 is 0 Å². The quantitative estimate of drug-likeness (QED) is 0.629. The lowest BCUT2D eigenvalue weighted by molar-refractivity contribution is -0.148. The number of nitrogens with one attached hydrogen (secondary N) is 2. The molecule has 0 fully saturated rings. The molecule has 0 bridgehead atoms. The second kappa shape index (κ2) is 8.63. The fourth-order valence-corrected chi connectivity index (χ4v) is 2.47. The van der Waals surface area contributed by atoms with Crippen molar-refractivity contribution in [3.63, 3.8) is 0 Å². The molecule has 8 heteroatoms. The van der Waals surface area contributed by atoms with Crippen LogP contribution in [0.25, 0.3) is 11.1 Å². The van der Waals surface area contributed by atoms with Gasteiger partial charge in [0.05, 0.1) is 0 Å². The van der Waals surface area contributed by atoms with Crippen LogP contribution < -0.4 is 16.6 Å². The number of nitrogens with zero attached hydrogens (tertiary/aromatic N) is 1. The summed E-state index contributed by atoms with van der Waals surface area (Å²) in [6.07, 6.45) is 1.18. The normalized spacial score (nSPS) is 10.3. The maximum Gasteiger partial charge on any atom is 0.328 e. The monoisotopic (exact) mass is 379 g/mol. The zero-order valence-electron chi connectivity index (χ0n) is 14.8. The molecule has 28 heavy (non-hydrogen) atoms. The standard InChI is InChI=1S/C20H17N3O5/c24-17-10-11-23(20(27)22-17)12-19(26)28-13-18(25)21-16-8-6-15(7-9-16)14-4-2-1-3-5-14/h1-11H,12-13H2,(H,21,25)(H,22,24,27). The number of aromatic amines is 1. The highest BCUT2D eigenvalue weighted by molar-refractivity contribution is 5.93. The molecule has 3 rings (SSSR count). The van der Waals surface area contributed by atoms with Gasteiger partial charge in [-0.3, -0.25) is 23.9 Å². The maximum atomic E-state index is 11.9. The van der Waals surface area contributed by atoms with Crippen LogP contribution in [0, 0.1) is 0 Å². The molecule has 3 aromatic rings. The zero-order chi connectivity index (χ0) is 19.9. The van der Waals surface area contributed by atoms with E-state index in [0.29, 0.717) is 5.69 Å².